The van der Waals surface area contributed by atoms with Crippen LogP contribution in [-0.4, -0.2) is 41.9 Å². The topological polar surface area (TPSA) is 150 Å². The molecule has 5 N–H and O–H groups in total. The molecule has 212 valence electrons. The molecule has 10 nitrogen and oxygen atoms in total. The number of ether oxygens (including phenoxy) is 2. The minimum Gasteiger partial charge on any atom is -0.495 e. The summed E-state index contributed by atoms with van der Waals surface area (Å²) in [6, 6.07) is 11.3. The second kappa shape index (κ2) is 12.8. The number of anilines is 2. The van der Waals surface area contributed by atoms with Gasteiger partial charge < -0.3 is 26.3 Å². The molecule has 0 saturated heterocycles. The zero-order valence-corrected chi connectivity index (χ0v) is 23.8. The first-order valence-corrected chi connectivity index (χ1v) is 14.1. The van der Waals surface area contributed by atoms with Crippen LogP contribution in [0, 0.1) is 6.92 Å². The summed E-state index contributed by atoms with van der Waals surface area (Å²) in [4.78, 5) is 41.8. The molecule has 11 heteroatoms. The first-order chi connectivity index (χ1) is 19.2. The molecule has 1 atom stereocenters. The molecule has 1 aliphatic carbocycles. The number of benzene rings is 2. The van der Waals surface area contributed by atoms with Crippen molar-refractivity contribution in [2.75, 3.05) is 24.4 Å². The standard InChI is InChI=1S/C29H35N5O5S/c1-4-39-20-13-11-18(12-14-20)25(28(36)32-19-8-6-5-7-9-19)34(21-16-17(2)10-15-22(21)38-3)29(37)26-23(30)24(27(31)35)33-40-26/h10-16,19,25H,4-9,30H2,1-3H3,(H2,31,35)(H,32,36)/t25-/m0/s1. The third kappa shape index (κ3) is 6.20. The van der Waals surface area contributed by atoms with Gasteiger partial charge in [0.15, 0.2) is 5.69 Å². The molecular formula is C29H35N5O5S. The quantitative estimate of drug-likeness (QED) is 0.330. The lowest BCUT2D eigenvalue weighted by atomic mass is 9.94. The van der Waals surface area contributed by atoms with E-state index in [-0.39, 0.29) is 28.2 Å². The average Bonchev–Trinajstić information content (AvgIpc) is 3.34. The van der Waals surface area contributed by atoms with E-state index in [4.69, 9.17) is 20.9 Å². The van der Waals surface area contributed by atoms with Crippen LogP contribution in [0.25, 0.3) is 0 Å². The van der Waals surface area contributed by atoms with E-state index < -0.39 is 17.9 Å². The molecule has 0 bridgehead atoms. The van der Waals surface area contributed by atoms with E-state index in [0.29, 0.717) is 29.4 Å². The number of amides is 3. The number of aromatic nitrogens is 1. The third-order valence-electron chi connectivity index (χ3n) is 6.93. The Morgan fingerprint density at radius 2 is 1.82 bits per heavy atom. The van der Waals surface area contributed by atoms with Crippen LogP contribution in [0.1, 0.15) is 76.4 Å². The molecule has 1 saturated carbocycles. The predicted octanol–water partition coefficient (Wildman–Crippen LogP) is 4.38. The van der Waals surface area contributed by atoms with Gasteiger partial charge in [0.1, 0.15) is 22.4 Å². The fourth-order valence-electron chi connectivity index (χ4n) is 4.95. The molecule has 1 heterocycles. The maximum absolute atomic E-state index is 14.4. The number of primary amides is 1. The second-order valence-corrected chi connectivity index (χ2v) is 10.5. The van der Waals surface area contributed by atoms with Gasteiger partial charge in [-0.3, -0.25) is 19.3 Å². The zero-order valence-electron chi connectivity index (χ0n) is 22.9. The van der Waals surface area contributed by atoms with Gasteiger partial charge in [0.25, 0.3) is 11.8 Å². The van der Waals surface area contributed by atoms with E-state index in [2.05, 4.69) is 9.69 Å². The van der Waals surface area contributed by atoms with Crippen molar-refractivity contribution in [3.05, 3.63) is 64.2 Å². The number of hydrogen-bond donors (Lipinski definition) is 3. The molecule has 0 aliphatic heterocycles. The van der Waals surface area contributed by atoms with E-state index >= 15 is 0 Å². The molecule has 0 radical (unpaired) electrons. The normalized spacial score (nSPS) is 14.3. The molecule has 1 aliphatic rings. The molecule has 4 rings (SSSR count). The summed E-state index contributed by atoms with van der Waals surface area (Å²) in [6.07, 6.45) is 4.92. The minimum absolute atomic E-state index is 0.00115. The van der Waals surface area contributed by atoms with Crippen molar-refractivity contribution in [1.29, 1.82) is 0 Å². The Morgan fingerprint density at radius 1 is 1.12 bits per heavy atom. The van der Waals surface area contributed by atoms with E-state index in [9.17, 15) is 14.4 Å². The molecule has 3 amide bonds. The molecular weight excluding hydrogens is 530 g/mol. The number of carbonyl (C=O) groups is 3. The molecule has 1 aromatic heterocycles. The van der Waals surface area contributed by atoms with Gasteiger partial charge in [0, 0.05) is 6.04 Å². The predicted molar refractivity (Wildman–Crippen MR) is 155 cm³/mol. The first kappa shape index (κ1) is 28.9. The zero-order chi connectivity index (χ0) is 28.8. The van der Waals surface area contributed by atoms with Crippen LogP contribution in [0.5, 0.6) is 11.5 Å². The highest BCUT2D eigenvalue weighted by Crippen LogP contribution is 2.39. The second-order valence-electron chi connectivity index (χ2n) is 9.74. The van der Waals surface area contributed by atoms with Gasteiger partial charge in [-0.1, -0.05) is 37.5 Å². The third-order valence-corrected chi connectivity index (χ3v) is 7.78. The molecule has 0 unspecified atom stereocenters. The summed E-state index contributed by atoms with van der Waals surface area (Å²) in [7, 11) is 1.50. The highest BCUT2D eigenvalue weighted by atomic mass is 32.1. The number of nitrogens with two attached hydrogens (primary N) is 2. The highest BCUT2D eigenvalue weighted by molar-refractivity contribution is 7.09. The van der Waals surface area contributed by atoms with E-state index in [1.54, 1.807) is 36.4 Å². The molecule has 3 aromatic rings. The van der Waals surface area contributed by atoms with Crippen LogP contribution in [0.2, 0.25) is 0 Å². The van der Waals surface area contributed by atoms with Crippen molar-refractivity contribution >= 4 is 40.6 Å². The number of methoxy groups -OCH3 is 1. The van der Waals surface area contributed by atoms with Crippen LogP contribution in [-0.2, 0) is 4.79 Å². The fourth-order valence-corrected chi connectivity index (χ4v) is 5.69. The highest BCUT2D eigenvalue weighted by Gasteiger charge is 2.38. The van der Waals surface area contributed by atoms with Gasteiger partial charge in [0.2, 0.25) is 5.91 Å². The van der Waals surface area contributed by atoms with Crippen LogP contribution < -0.4 is 31.2 Å². The van der Waals surface area contributed by atoms with Crippen LogP contribution in [0.15, 0.2) is 42.5 Å². The Kier molecular flexibility index (Phi) is 9.26. The van der Waals surface area contributed by atoms with Crippen molar-refractivity contribution < 1.29 is 23.9 Å². The monoisotopic (exact) mass is 565 g/mol. The smallest absolute Gasteiger partial charge is 0.273 e. The minimum atomic E-state index is -1.10. The maximum Gasteiger partial charge on any atom is 0.273 e. The van der Waals surface area contributed by atoms with Gasteiger partial charge in [-0.05, 0) is 73.6 Å². The lowest BCUT2D eigenvalue weighted by Gasteiger charge is -2.34. The van der Waals surface area contributed by atoms with Crippen LogP contribution in [0.4, 0.5) is 11.4 Å². The number of carbonyl (C=O) groups excluding carboxylic acids is 3. The number of nitrogen functional groups attached to an aromatic ring is 1. The number of aryl methyl sites for hydroxylation is 1. The Labute approximate surface area is 237 Å². The number of nitrogens with zero attached hydrogens (tertiary/aromatic N) is 2. The SMILES string of the molecule is CCOc1ccc([C@@H](C(=O)NC2CCCCC2)N(C(=O)c2snc(C(N)=O)c2N)c2cc(C)ccc2OC)cc1. The number of hydrogen-bond acceptors (Lipinski definition) is 8. The van der Waals surface area contributed by atoms with Crippen molar-refractivity contribution in [3.63, 3.8) is 0 Å². The van der Waals surface area contributed by atoms with E-state index in [1.807, 2.05) is 19.9 Å². The van der Waals surface area contributed by atoms with E-state index in [1.165, 1.54) is 12.0 Å². The first-order valence-electron chi connectivity index (χ1n) is 13.3. The van der Waals surface area contributed by atoms with Crippen molar-refractivity contribution in [1.82, 2.24) is 9.69 Å². The van der Waals surface area contributed by atoms with Crippen molar-refractivity contribution in [2.24, 2.45) is 5.73 Å². The fraction of sp³-hybridized carbons (Fsp3) is 0.379. The summed E-state index contributed by atoms with van der Waals surface area (Å²) in [5.41, 5.74) is 13.1. The van der Waals surface area contributed by atoms with Crippen LogP contribution in [0.3, 0.4) is 0 Å². The Bertz CT molecular complexity index is 1370. The summed E-state index contributed by atoms with van der Waals surface area (Å²) in [5.74, 6) is -0.763. The number of rotatable bonds is 10. The van der Waals surface area contributed by atoms with Gasteiger partial charge in [0.05, 0.1) is 25.1 Å². The van der Waals surface area contributed by atoms with Gasteiger partial charge >= 0.3 is 0 Å². The summed E-state index contributed by atoms with van der Waals surface area (Å²) < 4.78 is 15.3. The Morgan fingerprint density at radius 3 is 2.42 bits per heavy atom. The van der Waals surface area contributed by atoms with Gasteiger partial charge in [-0.15, -0.1) is 0 Å². The van der Waals surface area contributed by atoms with Crippen molar-refractivity contribution in [3.8, 4) is 11.5 Å². The van der Waals surface area contributed by atoms with Gasteiger partial charge in [-0.2, -0.15) is 4.37 Å². The van der Waals surface area contributed by atoms with Crippen LogP contribution >= 0.6 is 11.5 Å². The summed E-state index contributed by atoms with van der Waals surface area (Å²) in [5, 5.41) is 3.18. The number of nitrogens with one attached hydrogen (secondary N) is 1. The largest absolute Gasteiger partial charge is 0.495 e. The molecule has 2 aromatic carbocycles. The summed E-state index contributed by atoms with van der Waals surface area (Å²) in [6.45, 7) is 4.26. The molecule has 1 fully saturated rings. The van der Waals surface area contributed by atoms with Crippen molar-refractivity contribution in [2.45, 2.75) is 58.0 Å². The Hall–Kier alpha value is -4.12. The van der Waals surface area contributed by atoms with Gasteiger partial charge in [-0.25, -0.2) is 0 Å². The lowest BCUT2D eigenvalue weighted by molar-refractivity contribution is -0.123. The summed E-state index contributed by atoms with van der Waals surface area (Å²) >= 11 is 0.763. The maximum atomic E-state index is 14.4. The molecule has 0 spiro atoms. The Balaban J connectivity index is 1.89. The lowest BCUT2D eigenvalue weighted by Crippen LogP contribution is -2.47. The average molecular weight is 566 g/mol. The van der Waals surface area contributed by atoms with E-state index in [0.717, 1.165) is 49.2 Å². The molecule has 40 heavy (non-hydrogen) atoms.